The van der Waals surface area contributed by atoms with Crippen LogP contribution in [0.2, 0.25) is 0 Å². The molecule has 0 aliphatic carbocycles. The summed E-state index contributed by atoms with van der Waals surface area (Å²) in [6.07, 6.45) is 3.23. The normalized spacial score (nSPS) is 16.0. The van der Waals surface area contributed by atoms with E-state index in [1.165, 1.54) is 6.20 Å². The van der Waals surface area contributed by atoms with E-state index in [4.69, 9.17) is 9.47 Å². The van der Waals surface area contributed by atoms with Gasteiger partial charge < -0.3 is 19.7 Å². The van der Waals surface area contributed by atoms with Crippen molar-refractivity contribution in [3.8, 4) is 5.75 Å². The standard InChI is InChI=1S/C22H30FN3O3/c1-22(2,3)29-21(27)25-15-7-10-26(11-8-15)12-9-17-18-13-16(28-4)5-6-20(18)24-14-19(17)23/h5-6,13-15H,7-12H2,1-4H3,(H,25,27). The Labute approximate surface area is 171 Å². The number of ether oxygens (including phenoxy) is 2. The smallest absolute Gasteiger partial charge is 0.407 e. The van der Waals surface area contributed by atoms with Crippen LogP contribution in [0.5, 0.6) is 5.75 Å². The van der Waals surface area contributed by atoms with Crippen LogP contribution in [0, 0.1) is 5.82 Å². The summed E-state index contributed by atoms with van der Waals surface area (Å²) in [5.74, 6) is 0.410. The highest BCUT2D eigenvalue weighted by Crippen LogP contribution is 2.25. The number of benzene rings is 1. The highest BCUT2D eigenvalue weighted by atomic mass is 19.1. The van der Waals surface area contributed by atoms with E-state index in [2.05, 4.69) is 15.2 Å². The van der Waals surface area contributed by atoms with Crippen LogP contribution >= 0.6 is 0 Å². The number of amides is 1. The number of hydrogen-bond acceptors (Lipinski definition) is 5. The molecule has 6 nitrogen and oxygen atoms in total. The number of pyridine rings is 1. The van der Waals surface area contributed by atoms with Crippen molar-refractivity contribution in [3.63, 3.8) is 0 Å². The zero-order valence-electron chi connectivity index (χ0n) is 17.6. The van der Waals surface area contributed by atoms with Crippen LogP contribution in [0.3, 0.4) is 0 Å². The second-order valence-electron chi connectivity index (χ2n) is 8.48. The third-order valence-electron chi connectivity index (χ3n) is 5.12. The van der Waals surface area contributed by atoms with Crippen molar-refractivity contribution < 1.29 is 18.7 Å². The zero-order chi connectivity index (χ0) is 21.0. The largest absolute Gasteiger partial charge is 0.497 e. The van der Waals surface area contributed by atoms with E-state index in [0.29, 0.717) is 17.7 Å². The van der Waals surface area contributed by atoms with Crippen molar-refractivity contribution in [2.24, 2.45) is 0 Å². The first-order valence-corrected chi connectivity index (χ1v) is 10.1. The number of halogens is 1. The molecule has 0 atom stereocenters. The zero-order valence-corrected chi connectivity index (χ0v) is 17.6. The Balaban J connectivity index is 1.56. The molecule has 0 saturated carbocycles. The van der Waals surface area contributed by atoms with E-state index in [9.17, 15) is 9.18 Å². The van der Waals surface area contributed by atoms with Gasteiger partial charge in [0.05, 0.1) is 18.8 Å². The van der Waals surface area contributed by atoms with E-state index >= 15 is 0 Å². The lowest BCUT2D eigenvalue weighted by Crippen LogP contribution is -2.46. The minimum Gasteiger partial charge on any atom is -0.497 e. The highest BCUT2D eigenvalue weighted by molar-refractivity contribution is 5.83. The van der Waals surface area contributed by atoms with Crippen molar-refractivity contribution in [2.75, 3.05) is 26.7 Å². The Bertz CT molecular complexity index is 858. The van der Waals surface area contributed by atoms with Gasteiger partial charge in [0.2, 0.25) is 0 Å². The fraction of sp³-hybridized carbons (Fsp3) is 0.545. The van der Waals surface area contributed by atoms with Gasteiger partial charge in [-0.3, -0.25) is 4.98 Å². The molecule has 0 unspecified atom stereocenters. The molecule has 0 spiro atoms. The number of hydrogen-bond donors (Lipinski definition) is 1. The van der Waals surface area contributed by atoms with Crippen molar-refractivity contribution in [1.29, 1.82) is 0 Å². The molecule has 158 valence electrons. The van der Waals surface area contributed by atoms with E-state index in [0.717, 1.165) is 43.4 Å². The third-order valence-corrected chi connectivity index (χ3v) is 5.12. The molecule has 1 aromatic carbocycles. The molecule has 1 aliphatic heterocycles. The van der Waals surface area contributed by atoms with Crippen LogP contribution in [0.4, 0.5) is 9.18 Å². The molecular weight excluding hydrogens is 373 g/mol. The van der Waals surface area contributed by atoms with E-state index in [-0.39, 0.29) is 18.0 Å². The van der Waals surface area contributed by atoms with Crippen molar-refractivity contribution >= 4 is 17.0 Å². The van der Waals surface area contributed by atoms with E-state index < -0.39 is 5.60 Å². The maximum atomic E-state index is 14.5. The molecule has 2 heterocycles. The topological polar surface area (TPSA) is 63.7 Å². The molecule has 3 rings (SSSR count). The van der Waals surface area contributed by atoms with Crippen molar-refractivity contribution in [2.45, 2.75) is 51.7 Å². The van der Waals surface area contributed by atoms with E-state index in [1.807, 2.05) is 39.0 Å². The summed E-state index contributed by atoms with van der Waals surface area (Å²) in [4.78, 5) is 18.4. The number of fused-ring (bicyclic) bond motifs is 1. The van der Waals surface area contributed by atoms with Crippen LogP contribution in [0.1, 0.15) is 39.2 Å². The molecule has 0 bridgehead atoms. The summed E-state index contributed by atoms with van der Waals surface area (Å²) in [6.45, 7) is 8.03. The number of carbonyl (C=O) groups excluding carboxylic acids is 1. The molecule has 0 radical (unpaired) electrons. The molecule has 2 aromatic rings. The number of carbonyl (C=O) groups is 1. The third kappa shape index (κ3) is 5.79. The number of methoxy groups -OCH3 is 1. The lowest BCUT2D eigenvalue weighted by molar-refractivity contribution is 0.0479. The maximum absolute atomic E-state index is 14.5. The van der Waals surface area contributed by atoms with Gasteiger partial charge in [-0.2, -0.15) is 0 Å². The SMILES string of the molecule is COc1ccc2ncc(F)c(CCN3CCC(NC(=O)OC(C)(C)C)CC3)c2c1. The summed E-state index contributed by atoms with van der Waals surface area (Å²) in [6, 6.07) is 5.64. The van der Waals surface area contributed by atoms with Gasteiger partial charge in [0.1, 0.15) is 17.2 Å². The second-order valence-corrected chi connectivity index (χ2v) is 8.48. The molecule has 1 aliphatic rings. The Hall–Kier alpha value is -2.41. The quantitative estimate of drug-likeness (QED) is 0.820. The first kappa shape index (κ1) is 21.3. The number of rotatable bonds is 5. The van der Waals surface area contributed by atoms with Gasteiger partial charge in [0.15, 0.2) is 0 Å². The highest BCUT2D eigenvalue weighted by Gasteiger charge is 2.23. The Morgan fingerprint density at radius 2 is 2.03 bits per heavy atom. The molecule has 1 N–H and O–H groups in total. The van der Waals surface area contributed by atoms with Gasteiger partial charge in [-0.05, 0) is 58.2 Å². The molecule has 1 fully saturated rings. The lowest BCUT2D eigenvalue weighted by atomic mass is 10.0. The van der Waals surface area contributed by atoms with Crippen molar-refractivity contribution in [1.82, 2.24) is 15.2 Å². The summed E-state index contributed by atoms with van der Waals surface area (Å²) in [7, 11) is 1.60. The Morgan fingerprint density at radius 1 is 1.31 bits per heavy atom. The fourth-order valence-corrected chi connectivity index (χ4v) is 3.63. The molecule has 1 amide bonds. The van der Waals surface area contributed by atoms with Crippen LogP contribution in [-0.2, 0) is 11.2 Å². The number of alkyl carbamates (subject to hydrolysis) is 1. The van der Waals surface area contributed by atoms with Crippen LogP contribution in [-0.4, -0.2) is 54.4 Å². The lowest BCUT2D eigenvalue weighted by Gasteiger charge is -2.32. The van der Waals surface area contributed by atoms with Crippen LogP contribution < -0.4 is 10.1 Å². The van der Waals surface area contributed by atoms with Gasteiger partial charge in [0, 0.05) is 36.6 Å². The number of nitrogens with zero attached hydrogens (tertiary/aromatic N) is 2. The van der Waals surface area contributed by atoms with Gasteiger partial charge in [-0.15, -0.1) is 0 Å². The van der Waals surface area contributed by atoms with Crippen LogP contribution in [0.25, 0.3) is 10.9 Å². The monoisotopic (exact) mass is 403 g/mol. The average Bonchev–Trinajstić information content (AvgIpc) is 2.66. The number of nitrogens with one attached hydrogen (secondary N) is 1. The minimum atomic E-state index is -0.495. The first-order valence-electron chi connectivity index (χ1n) is 10.1. The molecular formula is C22H30FN3O3. The Morgan fingerprint density at radius 3 is 2.69 bits per heavy atom. The fourth-order valence-electron chi connectivity index (χ4n) is 3.63. The molecule has 29 heavy (non-hydrogen) atoms. The summed E-state index contributed by atoms with van der Waals surface area (Å²) in [5, 5.41) is 3.74. The van der Waals surface area contributed by atoms with Gasteiger partial charge in [-0.1, -0.05) is 0 Å². The van der Waals surface area contributed by atoms with Gasteiger partial charge in [-0.25, -0.2) is 9.18 Å². The predicted octanol–water partition coefficient (Wildman–Crippen LogP) is 3.91. The van der Waals surface area contributed by atoms with Gasteiger partial charge in [0.25, 0.3) is 0 Å². The summed E-state index contributed by atoms with van der Waals surface area (Å²) in [5.41, 5.74) is 0.940. The van der Waals surface area contributed by atoms with Crippen molar-refractivity contribution in [3.05, 3.63) is 35.8 Å². The molecule has 1 aromatic heterocycles. The number of likely N-dealkylation sites (tertiary alicyclic amines) is 1. The maximum Gasteiger partial charge on any atom is 0.407 e. The summed E-state index contributed by atoms with van der Waals surface area (Å²) >= 11 is 0. The molecule has 1 saturated heterocycles. The molecule has 7 heteroatoms. The minimum absolute atomic E-state index is 0.115. The number of piperidine rings is 1. The average molecular weight is 403 g/mol. The second kappa shape index (κ2) is 8.95. The number of aromatic nitrogens is 1. The van der Waals surface area contributed by atoms with Gasteiger partial charge >= 0.3 is 6.09 Å². The summed E-state index contributed by atoms with van der Waals surface area (Å²) < 4.78 is 25.1. The first-order chi connectivity index (χ1) is 13.7. The predicted molar refractivity (Wildman–Crippen MR) is 111 cm³/mol. The Kier molecular flexibility index (Phi) is 6.57. The van der Waals surface area contributed by atoms with E-state index in [1.54, 1.807) is 7.11 Å². The van der Waals surface area contributed by atoms with Crippen LogP contribution in [0.15, 0.2) is 24.4 Å².